The zero-order chi connectivity index (χ0) is 27.4. The molecule has 0 bridgehead atoms. The Hall–Kier alpha value is -2.02. The lowest BCUT2D eigenvalue weighted by Gasteiger charge is -2.44. The van der Waals surface area contributed by atoms with Crippen LogP contribution in [0, 0.1) is 6.92 Å². The highest BCUT2D eigenvalue weighted by Gasteiger charge is 2.36. The van der Waals surface area contributed by atoms with Gasteiger partial charge in [-0.05, 0) is 43.9 Å². The van der Waals surface area contributed by atoms with Crippen LogP contribution in [0.2, 0.25) is 10.0 Å². The van der Waals surface area contributed by atoms with Crippen LogP contribution in [0.3, 0.4) is 0 Å². The number of rotatable bonds is 8. The minimum Gasteiger partial charge on any atom is -0.378 e. The molecular weight excluding hydrogens is 551 g/mol. The second kappa shape index (κ2) is 12.4. The van der Waals surface area contributed by atoms with Crippen molar-refractivity contribution in [2.45, 2.75) is 50.9 Å². The van der Waals surface area contributed by atoms with Gasteiger partial charge in [0, 0.05) is 51.4 Å². The molecule has 2 aromatic rings. The standard InChI is InChI=1S/C25H34Cl2N6O4S/c1-16-23(29-15-30-24(16)28-13-17-4-5-19(26)20(27)12-17)25(34)32-9-6-18(7-10-32)33-11-8-21(22(14-33)37-2)31-38(3,35)36/h4-5,12,15,18,21-22,31H,6-11,13-14H2,1-3H3,(H,28,29,30). The highest BCUT2D eigenvalue weighted by molar-refractivity contribution is 7.88. The first-order valence-corrected chi connectivity index (χ1v) is 15.2. The summed E-state index contributed by atoms with van der Waals surface area (Å²) in [4.78, 5) is 26.2. The van der Waals surface area contributed by atoms with Gasteiger partial charge < -0.3 is 15.0 Å². The molecule has 10 nitrogen and oxygen atoms in total. The van der Waals surface area contributed by atoms with E-state index in [0.29, 0.717) is 65.8 Å². The maximum Gasteiger partial charge on any atom is 0.272 e. The number of aromatic nitrogens is 2. The third-order valence-corrected chi connectivity index (χ3v) is 8.73. The monoisotopic (exact) mass is 584 g/mol. The number of nitrogens with zero attached hydrogens (tertiary/aromatic N) is 4. The lowest BCUT2D eigenvalue weighted by molar-refractivity contribution is -0.0131. The Morgan fingerprint density at radius 1 is 1.13 bits per heavy atom. The Bertz CT molecular complexity index is 1260. The van der Waals surface area contributed by atoms with Gasteiger partial charge in [0.25, 0.3) is 5.91 Å². The topological polar surface area (TPSA) is 117 Å². The van der Waals surface area contributed by atoms with Crippen molar-refractivity contribution >= 4 is 45.0 Å². The molecule has 2 aliphatic heterocycles. The van der Waals surface area contributed by atoms with Crippen molar-refractivity contribution in [2.24, 2.45) is 0 Å². The number of hydrogen-bond donors (Lipinski definition) is 2. The normalized spacial score (nSPS) is 21.4. The predicted octanol–water partition coefficient (Wildman–Crippen LogP) is 2.95. The first-order valence-electron chi connectivity index (χ1n) is 12.6. The van der Waals surface area contributed by atoms with Crippen LogP contribution in [-0.2, 0) is 21.3 Å². The Kier molecular flexibility index (Phi) is 9.49. The van der Waals surface area contributed by atoms with Crippen molar-refractivity contribution in [3.8, 4) is 0 Å². The molecule has 0 aliphatic carbocycles. The van der Waals surface area contributed by atoms with Crippen LogP contribution in [0.5, 0.6) is 0 Å². The number of ether oxygens (including phenoxy) is 1. The molecule has 1 aromatic heterocycles. The molecule has 1 amide bonds. The summed E-state index contributed by atoms with van der Waals surface area (Å²) in [5, 5.41) is 4.25. The fourth-order valence-corrected chi connectivity index (χ4v) is 6.32. The number of halogens is 2. The summed E-state index contributed by atoms with van der Waals surface area (Å²) in [6.45, 7) is 5.01. The number of amides is 1. The van der Waals surface area contributed by atoms with Crippen molar-refractivity contribution in [3.63, 3.8) is 0 Å². The lowest BCUT2D eigenvalue weighted by Crippen LogP contribution is -2.58. The quantitative estimate of drug-likeness (QED) is 0.486. The van der Waals surface area contributed by atoms with Gasteiger partial charge in [-0.15, -0.1) is 0 Å². The van der Waals surface area contributed by atoms with Gasteiger partial charge in [0.05, 0.1) is 28.4 Å². The summed E-state index contributed by atoms with van der Waals surface area (Å²) in [6, 6.07) is 5.51. The van der Waals surface area contributed by atoms with E-state index in [1.807, 2.05) is 17.9 Å². The Labute approximate surface area is 234 Å². The highest BCUT2D eigenvalue weighted by Crippen LogP contribution is 2.26. The highest BCUT2D eigenvalue weighted by atomic mass is 35.5. The summed E-state index contributed by atoms with van der Waals surface area (Å²) in [5.74, 6) is 0.493. The van der Waals surface area contributed by atoms with Gasteiger partial charge in [-0.25, -0.2) is 23.1 Å². The molecule has 0 saturated carbocycles. The van der Waals surface area contributed by atoms with Crippen molar-refractivity contribution < 1.29 is 17.9 Å². The maximum absolute atomic E-state index is 13.4. The molecule has 3 heterocycles. The third kappa shape index (κ3) is 7.13. The van der Waals surface area contributed by atoms with Gasteiger partial charge in [0.2, 0.25) is 10.0 Å². The minimum absolute atomic E-state index is 0.105. The molecule has 2 saturated heterocycles. The number of nitrogens with one attached hydrogen (secondary N) is 2. The smallest absolute Gasteiger partial charge is 0.272 e. The largest absolute Gasteiger partial charge is 0.378 e. The van der Waals surface area contributed by atoms with Crippen LogP contribution in [0.4, 0.5) is 5.82 Å². The van der Waals surface area contributed by atoms with E-state index in [1.54, 1.807) is 19.2 Å². The van der Waals surface area contributed by atoms with Crippen LogP contribution in [-0.4, -0.2) is 91.8 Å². The van der Waals surface area contributed by atoms with Crippen LogP contribution >= 0.6 is 23.2 Å². The number of carbonyl (C=O) groups excluding carboxylic acids is 1. The average molecular weight is 586 g/mol. The van der Waals surface area contributed by atoms with Gasteiger partial charge in [-0.1, -0.05) is 29.3 Å². The Morgan fingerprint density at radius 2 is 1.87 bits per heavy atom. The number of piperidine rings is 2. The Balaban J connectivity index is 1.33. The molecule has 2 fully saturated rings. The summed E-state index contributed by atoms with van der Waals surface area (Å²) < 4.78 is 31.7. The SMILES string of the molecule is COC1CN(C2CCN(C(=O)c3ncnc(NCc4ccc(Cl)c(Cl)c4)c3C)CC2)CCC1NS(C)(=O)=O. The number of likely N-dealkylation sites (tertiary alicyclic amines) is 2. The molecular formula is C25H34Cl2N6O4S. The number of methoxy groups -OCH3 is 1. The molecule has 2 unspecified atom stereocenters. The number of carbonyl (C=O) groups is 1. The van der Waals surface area contributed by atoms with E-state index in [9.17, 15) is 13.2 Å². The summed E-state index contributed by atoms with van der Waals surface area (Å²) >= 11 is 12.1. The minimum atomic E-state index is -3.30. The van der Waals surface area contributed by atoms with E-state index in [0.717, 1.165) is 24.9 Å². The molecule has 38 heavy (non-hydrogen) atoms. The maximum atomic E-state index is 13.4. The predicted molar refractivity (Wildman–Crippen MR) is 148 cm³/mol. The third-order valence-electron chi connectivity index (χ3n) is 7.26. The van der Waals surface area contributed by atoms with Crippen molar-refractivity contribution in [2.75, 3.05) is 44.9 Å². The van der Waals surface area contributed by atoms with Gasteiger partial charge in [-0.2, -0.15) is 0 Å². The number of hydrogen-bond acceptors (Lipinski definition) is 8. The molecule has 208 valence electrons. The van der Waals surface area contributed by atoms with Gasteiger partial charge >= 0.3 is 0 Å². The molecule has 13 heteroatoms. The van der Waals surface area contributed by atoms with Crippen LogP contribution < -0.4 is 10.0 Å². The van der Waals surface area contributed by atoms with Crippen molar-refractivity contribution in [1.82, 2.24) is 24.5 Å². The fraction of sp³-hybridized carbons (Fsp3) is 0.560. The van der Waals surface area contributed by atoms with Crippen molar-refractivity contribution in [3.05, 3.63) is 51.4 Å². The Morgan fingerprint density at radius 3 is 2.53 bits per heavy atom. The number of benzene rings is 1. The zero-order valence-electron chi connectivity index (χ0n) is 21.8. The van der Waals surface area contributed by atoms with Gasteiger partial charge in [0.15, 0.2) is 0 Å². The van der Waals surface area contributed by atoms with Gasteiger partial charge in [-0.3, -0.25) is 9.69 Å². The van der Waals surface area contributed by atoms with E-state index in [2.05, 4.69) is 24.9 Å². The summed E-state index contributed by atoms with van der Waals surface area (Å²) in [7, 11) is -1.68. The average Bonchev–Trinajstić information content (AvgIpc) is 2.89. The van der Waals surface area contributed by atoms with Crippen LogP contribution in [0.1, 0.15) is 40.9 Å². The second-order valence-electron chi connectivity index (χ2n) is 9.88. The molecule has 0 spiro atoms. The lowest BCUT2D eigenvalue weighted by atomic mass is 9.96. The molecule has 1 aromatic carbocycles. The van der Waals surface area contributed by atoms with E-state index in [-0.39, 0.29) is 18.1 Å². The molecule has 4 rings (SSSR count). The first kappa shape index (κ1) is 29.0. The summed E-state index contributed by atoms with van der Waals surface area (Å²) in [6.07, 6.45) is 4.72. The second-order valence-corrected chi connectivity index (χ2v) is 12.5. The molecule has 0 radical (unpaired) electrons. The molecule has 2 atom stereocenters. The van der Waals surface area contributed by atoms with E-state index in [1.165, 1.54) is 12.6 Å². The number of sulfonamides is 1. The zero-order valence-corrected chi connectivity index (χ0v) is 24.1. The van der Waals surface area contributed by atoms with Crippen LogP contribution in [0.25, 0.3) is 0 Å². The van der Waals surface area contributed by atoms with E-state index < -0.39 is 10.0 Å². The molecule has 2 N–H and O–H groups in total. The fourth-order valence-electron chi connectivity index (χ4n) is 5.18. The number of anilines is 1. The van der Waals surface area contributed by atoms with Crippen molar-refractivity contribution in [1.29, 1.82) is 0 Å². The summed E-state index contributed by atoms with van der Waals surface area (Å²) in [5.41, 5.74) is 2.03. The van der Waals surface area contributed by atoms with Gasteiger partial charge in [0.1, 0.15) is 17.8 Å². The van der Waals surface area contributed by atoms with Crippen LogP contribution in [0.15, 0.2) is 24.5 Å². The van der Waals surface area contributed by atoms with E-state index in [4.69, 9.17) is 27.9 Å². The van der Waals surface area contributed by atoms with E-state index >= 15 is 0 Å². The molecule has 2 aliphatic rings. The first-order chi connectivity index (χ1) is 18.1.